The lowest BCUT2D eigenvalue weighted by molar-refractivity contribution is -0.124. The van der Waals surface area contributed by atoms with Gasteiger partial charge in [-0.1, -0.05) is 0 Å². The lowest BCUT2D eigenvalue weighted by Crippen LogP contribution is -2.31. The smallest absolute Gasteiger partial charge is 0.324 e. The third-order valence-corrected chi connectivity index (χ3v) is 1.72. The third-order valence-electron chi connectivity index (χ3n) is 1.45. The molecule has 62 valence electrons. The van der Waals surface area contributed by atoms with E-state index in [-0.39, 0.29) is 18.5 Å². The molecule has 1 fully saturated rings. The first-order chi connectivity index (χ1) is 5.25. The van der Waals surface area contributed by atoms with Crippen LogP contribution in [0.25, 0.3) is 0 Å². The summed E-state index contributed by atoms with van der Waals surface area (Å²) in [6, 6.07) is -0.305. The molecule has 1 rings (SSSR count). The number of carbonyl (C=O) groups is 2. The molecule has 0 radical (unpaired) electrons. The van der Waals surface area contributed by atoms with Crippen LogP contribution in [0.2, 0.25) is 0 Å². The van der Waals surface area contributed by atoms with E-state index in [2.05, 4.69) is 5.32 Å². The Bertz CT molecular complexity index is 167. The molecule has 4 nitrogen and oxygen atoms in total. The van der Waals surface area contributed by atoms with Crippen LogP contribution in [0.5, 0.6) is 0 Å². The van der Waals surface area contributed by atoms with Crippen molar-refractivity contribution in [3.8, 4) is 0 Å². The molecule has 0 aromatic rings. The van der Waals surface area contributed by atoms with E-state index in [1.807, 2.05) is 0 Å². The molecule has 1 saturated heterocycles. The molecule has 3 amide bonds. The summed E-state index contributed by atoms with van der Waals surface area (Å²) in [6.45, 7) is 0.551. The second kappa shape index (κ2) is 3.57. The largest absolute Gasteiger partial charge is 0.329 e. The fourth-order valence-electron chi connectivity index (χ4n) is 0.899. The molecule has 0 aromatic heterocycles. The Morgan fingerprint density at radius 2 is 2.27 bits per heavy atom. The highest BCUT2D eigenvalue weighted by Crippen LogP contribution is 2.00. The van der Waals surface area contributed by atoms with E-state index in [1.165, 1.54) is 4.90 Å². The highest BCUT2D eigenvalue weighted by Gasteiger charge is 2.27. The number of rotatable bonds is 3. The van der Waals surface area contributed by atoms with Gasteiger partial charge in [-0.3, -0.25) is 9.69 Å². The van der Waals surface area contributed by atoms with E-state index < -0.39 is 0 Å². The zero-order valence-corrected chi connectivity index (χ0v) is 6.73. The van der Waals surface area contributed by atoms with Gasteiger partial charge in [0, 0.05) is 12.4 Å². The maximum Gasteiger partial charge on any atom is 0.324 e. The van der Waals surface area contributed by atoms with Crippen LogP contribution < -0.4 is 5.32 Å². The summed E-state index contributed by atoms with van der Waals surface area (Å²) in [7, 11) is 0. The Balaban J connectivity index is 2.41. The summed E-state index contributed by atoms with van der Waals surface area (Å²) >= 11 is 5.41. The van der Waals surface area contributed by atoms with Gasteiger partial charge < -0.3 is 5.32 Å². The van der Waals surface area contributed by atoms with Crippen LogP contribution in [0.3, 0.4) is 0 Å². The molecule has 0 bridgehead atoms. The van der Waals surface area contributed by atoms with E-state index in [4.69, 9.17) is 11.6 Å². The van der Waals surface area contributed by atoms with Gasteiger partial charge in [0.15, 0.2) is 0 Å². The molecular weight excluding hydrogens is 168 g/mol. The third kappa shape index (κ3) is 1.83. The Kier molecular flexibility index (Phi) is 2.70. The minimum Gasteiger partial charge on any atom is -0.329 e. The molecular formula is C6H9ClN2O2. The van der Waals surface area contributed by atoms with Gasteiger partial charge in [-0.2, -0.15) is 0 Å². The number of nitrogens with zero attached hydrogens (tertiary/aromatic N) is 1. The number of imide groups is 1. The monoisotopic (exact) mass is 176 g/mol. The molecule has 1 aliphatic rings. The number of alkyl halides is 1. The summed E-state index contributed by atoms with van der Waals surface area (Å²) in [5.41, 5.74) is 0. The van der Waals surface area contributed by atoms with E-state index in [0.29, 0.717) is 18.8 Å². The summed E-state index contributed by atoms with van der Waals surface area (Å²) in [4.78, 5) is 22.9. The quantitative estimate of drug-likeness (QED) is 0.492. The molecule has 0 atom stereocenters. The SMILES string of the molecule is O=C1CNC(=O)N1CCCCl. The van der Waals surface area contributed by atoms with Crippen molar-refractivity contribution in [2.24, 2.45) is 0 Å². The lowest BCUT2D eigenvalue weighted by atomic mass is 10.4. The van der Waals surface area contributed by atoms with Gasteiger partial charge >= 0.3 is 6.03 Å². The zero-order valence-electron chi connectivity index (χ0n) is 5.97. The second-order valence-electron chi connectivity index (χ2n) is 2.25. The number of hydrogen-bond acceptors (Lipinski definition) is 2. The van der Waals surface area contributed by atoms with E-state index in [1.54, 1.807) is 0 Å². The van der Waals surface area contributed by atoms with E-state index in [9.17, 15) is 9.59 Å². The molecule has 0 aromatic carbocycles. The minimum atomic E-state index is -0.305. The molecule has 11 heavy (non-hydrogen) atoms. The predicted octanol–water partition coefficient (Wildman–Crippen LogP) is 0.167. The van der Waals surface area contributed by atoms with Crippen LogP contribution in [0.15, 0.2) is 0 Å². The maximum absolute atomic E-state index is 10.9. The Hall–Kier alpha value is -0.770. The number of nitrogens with one attached hydrogen (secondary N) is 1. The molecule has 0 saturated carbocycles. The average Bonchev–Trinajstić information content (AvgIpc) is 2.29. The van der Waals surface area contributed by atoms with Crippen molar-refractivity contribution in [3.63, 3.8) is 0 Å². The standard InChI is InChI=1S/C6H9ClN2O2/c7-2-1-3-9-5(10)4-8-6(9)11/h1-4H2,(H,8,11). The summed E-state index contributed by atoms with van der Waals surface area (Å²) in [6.07, 6.45) is 0.653. The average molecular weight is 177 g/mol. The highest BCUT2D eigenvalue weighted by atomic mass is 35.5. The van der Waals surface area contributed by atoms with Gasteiger partial charge in [0.05, 0.1) is 6.54 Å². The predicted molar refractivity (Wildman–Crippen MR) is 40.4 cm³/mol. The number of halogens is 1. The second-order valence-corrected chi connectivity index (χ2v) is 2.62. The lowest BCUT2D eigenvalue weighted by Gasteiger charge is -2.09. The van der Waals surface area contributed by atoms with Crippen molar-refractivity contribution in [2.45, 2.75) is 6.42 Å². The van der Waals surface area contributed by atoms with Gasteiger partial charge in [0.1, 0.15) is 0 Å². The van der Waals surface area contributed by atoms with Crippen LogP contribution >= 0.6 is 11.6 Å². The van der Waals surface area contributed by atoms with Crippen molar-refractivity contribution in [1.29, 1.82) is 0 Å². The molecule has 0 aliphatic carbocycles. The molecule has 1 heterocycles. The molecule has 0 spiro atoms. The molecule has 1 N–H and O–H groups in total. The van der Waals surface area contributed by atoms with Gasteiger partial charge in [-0.05, 0) is 6.42 Å². The van der Waals surface area contributed by atoms with Gasteiger partial charge in [0.25, 0.3) is 0 Å². The Labute approximate surface area is 69.5 Å². The van der Waals surface area contributed by atoms with Crippen molar-refractivity contribution >= 4 is 23.5 Å². The highest BCUT2D eigenvalue weighted by molar-refractivity contribution is 6.17. The number of urea groups is 1. The number of hydrogen-bond donors (Lipinski definition) is 1. The first kappa shape index (κ1) is 8.33. The van der Waals surface area contributed by atoms with Crippen molar-refractivity contribution in [3.05, 3.63) is 0 Å². The van der Waals surface area contributed by atoms with Crippen LogP contribution in [0, 0.1) is 0 Å². The van der Waals surface area contributed by atoms with Crippen molar-refractivity contribution < 1.29 is 9.59 Å². The van der Waals surface area contributed by atoms with E-state index >= 15 is 0 Å². The van der Waals surface area contributed by atoms with Gasteiger partial charge in [0.2, 0.25) is 5.91 Å². The fourth-order valence-corrected chi connectivity index (χ4v) is 1.02. The molecule has 5 heteroatoms. The van der Waals surface area contributed by atoms with Gasteiger partial charge in [-0.15, -0.1) is 11.6 Å². The summed E-state index contributed by atoms with van der Waals surface area (Å²) < 4.78 is 0. The van der Waals surface area contributed by atoms with Gasteiger partial charge in [-0.25, -0.2) is 4.79 Å². The topological polar surface area (TPSA) is 49.4 Å². The summed E-state index contributed by atoms with van der Waals surface area (Å²) in [5, 5.41) is 2.42. The summed E-state index contributed by atoms with van der Waals surface area (Å²) in [5.74, 6) is 0.303. The fraction of sp³-hybridized carbons (Fsp3) is 0.667. The van der Waals surface area contributed by atoms with Crippen LogP contribution in [-0.2, 0) is 4.79 Å². The maximum atomic E-state index is 10.9. The molecule has 0 unspecified atom stereocenters. The zero-order chi connectivity index (χ0) is 8.27. The van der Waals surface area contributed by atoms with E-state index in [0.717, 1.165) is 0 Å². The first-order valence-corrected chi connectivity index (χ1v) is 3.93. The first-order valence-electron chi connectivity index (χ1n) is 3.40. The normalized spacial score (nSPS) is 17.4. The minimum absolute atomic E-state index is 0.126. The van der Waals surface area contributed by atoms with Crippen LogP contribution in [0.4, 0.5) is 4.79 Å². The van der Waals surface area contributed by atoms with Crippen LogP contribution in [0.1, 0.15) is 6.42 Å². The number of carbonyl (C=O) groups excluding carboxylic acids is 2. The Morgan fingerprint density at radius 3 is 2.73 bits per heavy atom. The van der Waals surface area contributed by atoms with Crippen molar-refractivity contribution in [2.75, 3.05) is 19.0 Å². The Morgan fingerprint density at radius 1 is 1.55 bits per heavy atom. The van der Waals surface area contributed by atoms with Crippen LogP contribution in [-0.4, -0.2) is 35.8 Å². The number of amides is 3. The van der Waals surface area contributed by atoms with Crippen molar-refractivity contribution in [1.82, 2.24) is 10.2 Å². The molecule has 1 aliphatic heterocycles.